The van der Waals surface area contributed by atoms with E-state index in [0.29, 0.717) is 5.82 Å². The molecule has 0 aromatic carbocycles. The third-order valence-corrected chi connectivity index (χ3v) is 2.56. The lowest BCUT2D eigenvalue weighted by molar-refractivity contribution is -0.123. The molecular formula is C10H9N5O2. The summed E-state index contributed by atoms with van der Waals surface area (Å²) in [6.07, 6.45) is 2.71. The van der Waals surface area contributed by atoms with Gasteiger partial charge in [0.2, 0.25) is 11.8 Å². The highest BCUT2D eigenvalue weighted by molar-refractivity contribution is 5.99. The Morgan fingerprint density at radius 1 is 1.53 bits per heavy atom. The van der Waals surface area contributed by atoms with E-state index < -0.39 is 11.8 Å². The Bertz CT molecular complexity index is 504. The molecule has 7 nitrogen and oxygen atoms in total. The van der Waals surface area contributed by atoms with Crippen LogP contribution in [0.4, 0.5) is 5.82 Å². The standard InChI is InChI=1S/C10H9N5O2/c11-2-7-3-14-8(4-13-7)15-5-6(10(12)17)1-9(15)16/h3-4,6H,1,5H2,(H2,12,17). The molecule has 0 aliphatic carbocycles. The SMILES string of the molecule is N#Cc1cnc(N2CC(C(N)=O)CC2=O)cn1. The number of anilines is 1. The summed E-state index contributed by atoms with van der Waals surface area (Å²) in [5.74, 6) is -0.868. The lowest BCUT2D eigenvalue weighted by Crippen LogP contribution is -2.29. The van der Waals surface area contributed by atoms with E-state index >= 15 is 0 Å². The molecule has 1 atom stereocenters. The molecular weight excluding hydrogens is 222 g/mol. The summed E-state index contributed by atoms with van der Waals surface area (Å²) in [6.45, 7) is 0.217. The Labute approximate surface area is 96.9 Å². The molecule has 1 unspecified atom stereocenters. The summed E-state index contributed by atoms with van der Waals surface area (Å²) in [5.41, 5.74) is 5.32. The summed E-state index contributed by atoms with van der Waals surface area (Å²) in [7, 11) is 0. The van der Waals surface area contributed by atoms with E-state index in [9.17, 15) is 9.59 Å². The highest BCUT2D eigenvalue weighted by atomic mass is 16.2. The van der Waals surface area contributed by atoms with Crippen molar-refractivity contribution in [3.8, 4) is 6.07 Å². The van der Waals surface area contributed by atoms with Gasteiger partial charge in [-0.25, -0.2) is 9.97 Å². The van der Waals surface area contributed by atoms with Crippen LogP contribution in [0.15, 0.2) is 12.4 Å². The fourth-order valence-corrected chi connectivity index (χ4v) is 1.64. The molecule has 1 aliphatic heterocycles. The lowest BCUT2D eigenvalue weighted by atomic mass is 10.1. The first-order valence-electron chi connectivity index (χ1n) is 4.93. The van der Waals surface area contributed by atoms with Crippen LogP contribution >= 0.6 is 0 Å². The van der Waals surface area contributed by atoms with Crippen LogP contribution in [0.2, 0.25) is 0 Å². The van der Waals surface area contributed by atoms with Gasteiger partial charge in [-0.05, 0) is 0 Å². The molecule has 0 radical (unpaired) electrons. The first-order valence-corrected chi connectivity index (χ1v) is 4.93. The molecule has 1 aromatic rings. The van der Waals surface area contributed by atoms with Gasteiger partial charge in [0.25, 0.3) is 0 Å². The van der Waals surface area contributed by atoms with Crippen LogP contribution in [-0.4, -0.2) is 28.3 Å². The van der Waals surface area contributed by atoms with Crippen LogP contribution in [0.1, 0.15) is 12.1 Å². The summed E-state index contributed by atoms with van der Waals surface area (Å²) in [4.78, 5) is 31.7. The maximum absolute atomic E-state index is 11.6. The van der Waals surface area contributed by atoms with Crippen LogP contribution in [0.25, 0.3) is 0 Å². The number of nitriles is 1. The van der Waals surface area contributed by atoms with Crippen molar-refractivity contribution in [2.75, 3.05) is 11.4 Å². The van der Waals surface area contributed by atoms with E-state index in [4.69, 9.17) is 11.0 Å². The molecule has 0 spiro atoms. The number of primary amides is 1. The number of aromatic nitrogens is 2. The molecule has 17 heavy (non-hydrogen) atoms. The summed E-state index contributed by atoms with van der Waals surface area (Å²) >= 11 is 0. The average Bonchev–Trinajstić information content (AvgIpc) is 2.72. The van der Waals surface area contributed by atoms with Crippen molar-refractivity contribution >= 4 is 17.6 Å². The van der Waals surface area contributed by atoms with Gasteiger partial charge in [-0.1, -0.05) is 0 Å². The molecule has 1 aromatic heterocycles. The summed E-state index contributed by atoms with van der Waals surface area (Å²) < 4.78 is 0. The minimum Gasteiger partial charge on any atom is -0.369 e. The number of carbonyl (C=O) groups excluding carboxylic acids is 2. The van der Waals surface area contributed by atoms with Crippen molar-refractivity contribution in [1.82, 2.24) is 9.97 Å². The lowest BCUT2D eigenvalue weighted by Gasteiger charge is -2.13. The van der Waals surface area contributed by atoms with Gasteiger partial charge in [-0.3, -0.25) is 14.5 Å². The predicted molar refractivity (Wildman–Crippen MR) is 56.4 cm³/mol. The highest BCUT2D eigenvalue weighted by Crippen LogP contribution is 2.22. The number of carbonyl (C=O) groups is 2. The van der Waals surface area contributed by atoms with Crippen LogP contribution in [0, 0.1) is 17.2 Å². The fourth-order valence-electron chi connectivity index (χ4n) is 1.64. The van der Waals surface area contributed by atoms with Crippen LogP contribution in [0.5, 0.6) is 0 Å². The van der Waals surface area contributed by atoms with Gasteiger partial charge < -0.3 is 5.73 Å². The number of hydrogen-bond donors (Lipinski definition) is 1. The smallest absolute Gasteiger partial charge is 0.229 e. The van der Waals surface area contributed by atoms with Crippen LogP contribution in [0.3, 0.4) is 0 Å². The van der Waals surface area contributed by atoms with E-state index in [1.165, 1.54) is 17.3 Å². The zero-order chi connectivity index (χ0) is 12.4. The van der Waals surface area contributed by atoms with Crippen molar-refractivity contribution < 1.29 is 9.59 Å². The zero-order valence-electron chi connectivity index (χ0n) is 8.83. The van der Waals surface area contributed by atoms with Gasteiger partial charge in [0.1, 0.15) is 6.07 Å². The number of rotatable bonds is 2. The van der Waals surface area contributed by atoms with Gasteiger partial charge in [-0.15, -0.1) is 0 Å². The van der Waals surface area contributed by atoms with Gasteiger partial charge in [-0.2, -0.15) is 5.26 Å². The average molecular weight is 231 g/mol. The van der Waals surface area contributed by atoms with Crippen LogP contribution in [-0.2, 0) is 9.59 Å². The molecule has 2 heterocycles. The van der Waals surface area contributed by atoms with Crippen molar-refractivity contribution in [2.45, 2.75) is 6.42 Å². The van der Waals surface area contributed by atoms with Crippen LogP contribution < -0.4 is 10.6 Å². The molecule has 2 rings (SSSR count). The van der Waals surface area contributed by atoms with Gasteiger partial charge in [0, 0.05) is 13.0 Å². The number of amides is 2. The van der Waals surface area contributed by atoms with Crippen molar-refractivity contribution in [3.63, 3.8) is 0 Å². The van der Waals surface area contributed by atoms with E-state index in [2.05, 4.69) is 9.97 Å². The van der Waals surface area contributed by atoms with Crippen molar-refractivity contribution in [3.05, 3.63) is 18.1 Å². The molecule has 1 fully saturated rings. The maximum Gasteiger partial charge on any atom is 0.229 e. The van der Waals surface area contributed by atoms with Gasteiger partial charge in [0.15, 0.2) is 11.5 Å². The Morgan fingerprint density at radius 2 is 2.29 bits per heavy atom. The van der Waals surface area contributed by atoms with Gasteiger partial charge in [0.05, 0.1) is 18.3 Å². The Morgan fingerprint density at radius 3 is 2.76 bits per heavy atom. The molecule has 0 saturated carbocycles. The summed E-state index contributed by atoms with van der Waals surface area (Å²) in [6, 6.07) is 1.83. The highest BCUT2D eigenvalue weighted by Gasteiger charge is 2.34. The molecule has 1 aliphatic rings. The molecule has 1 saturated heterocycles. The second kappa shape index (κ2) is 4.17. The second-order valence-electron chi connectivity index (χ2n) is 3.68. The number of nitrogens with two attached hydrogens (primary N) is 1. The zero-order valence-corrected chi connectivity index (χ0v) is 8.83. The van der Waals surface area contributed by atoms with Crippen molar-refractivity contribution in [1.29, 1.82) is 5.26 Å². The Hall–Kier alpha value is -2.49. The van der Waals surface area contributed by atoms with E-state index in [0.717, 1.165) is 0 Å². The fraction of sp³-hybridized carbons (Fsp3) is 0.300. The van der Waals surface area contributed by atoms with E-state index in [1.54, 1.807) is 0 Å². The quantitative estimate of drug-likeness (QED) is 0.714. The third-order valence-electron chi connectivity index (χ3n) is 2.56. The largest absolute Gasteiger partial charge is 0.369 e. The van der Waals surface area contributed by atoms with Gasteiger partial charge >= 0.3 is 0 Å². The molecule has 7 heteroatoms. The molecule has 2 amide bonds. The first-order chi connectivity index (χ1) is 8.11. The monoisotopic (exact) mass is 231 g/mol. The molecule has 86 valence electrons. The Balaban J connectivity index is 2.20. The predicted octanol–water partition coefficient (Wildman–Crippen LogP) is -0.814. The second-order valence-corrected chi connectivity index (χ2v) is 3.68. The Kier molecular flexibility index (Phi) is 2.70. The molecule has 2 N–H and O–H groups in total. The summed E-state index contributed by atoms with van der Waals surface area (Å²) in [5, 5.41) is 8.57. The van der Waals surface area contributed by atoms with E-state index in [-0.39, 0.29) is 24.6 Å². The number of nitrogens with zero attached hydrogens (tertiary/aromatic N) is 4. The number of hydrogen-bond acceptors (Lipinski definition) is 5. The topological polar surface area (TPSA) is 113 Å². The van der Waals surface area contributed by atoms with E-state index in [1.807, 2.05) is 6.07 Å². The third kappa shape index (κ3) is 2.06. The first kappa shape index (κ1) is 11.0. The maximum atomic E-state index is 11.6. The minimum atomic E-state index is -0.498. The minimum absolute atomic E-state index is 0.0943. The molecule has 0 bridgehead atoms. The van der Waals surface area contributed by atoms with Crippen molar-refractivity contribution in [2.24, 2.45) is 11.7 Å². The normalized spacial score (nSPS) is 19.1.